The first-order valence-electron chi connectivity index (χ1n) is 6.02. The van der Waals surface area contributed by atoms with E-state index in [4.69, 9.17) is 0 Å². The molecule has 0 saturated heterocycles. The highest BCUT2D eigenvalue weighted by atomic mass is 14.1. The molecular formula is C16H18. The summed E-state index contributed by atoms with van der Waals surface area (Å²) in [6.07, 6.45) is 2.21. The van der Waals surface area contributed by atoms with E-state index in [2.05, 4.69) is 62.4 Å². The molecule has 16 heavy (non-hydrogen) atoms. The zero-order valence-electron chi connectivity index (χ0n) is 10.0. The number of benzene rings is 2. The van der Waals surface area contributed by atoms with Gasteiger partial charge in [0.1, 0.15) is 0 Å². The smallest absolute Gasteiger partial charge is 0.0152 e. The molecule has 2 aromatic rings. The second-order valence-electron chi connectivity index (χ2n) is 4.06. The van der Waals surface area contributed by atoms with Gasteiger partial charge in [-0.3, -0.25) is 0 Å². The average molecular weight is 210 g/mol. The van der Waals surface area contributed by atoms with Crippen LogP contribution in [-0.4, -0.2) is 0 Å². The van der Waals surface area contributed by atoms with E-state index in [0.29, 0.717) is 0 Å². The van der Waals surface area contributed by atoms with E-state index in [1.165, 1.54) is 22.3 Å². The Kier molecular flexibility index (Phi) is 3.40. The van der Waals surface area contributed by atoms with Gasteiger partial charge < -0.3 is 0 Å². The fraction of sp³-hybridized carbons (Fsp3) is 0.250. The lowest BCUT2D eigenvalue weighted by atomic mass is 9.95. The summed E-state index contributed by atoms with van der Waals surface area (Å²) in [4.78, 5) is 0. The van der Waals surface area contributed by atoms with Crippen molar-refractivity contribution in [1.29, 1.82) is 0 Å². The van der Waals surface area contributed by atoms with Crippen LogP contribution >= 0.6 is 0 Å². The molecule has 0 heteroatoms. The standard InChI is InChI=1S/C16H18/c1-3-13-10-11-16(14(4-2)12-13)15-8-6-5-7-9-15/h5-12H,3-4H2,1-2H3. The summed E-state index contributed by atoms with van der Waals surface area (Å²) < 4.78 is 0. The fourth-order valence-corrected chi connectivity index (χ4v) is 2.06. The highest BCUT2D eigenvalue weighted by molar-refractivity contribution is 5.67. The van der Waals surface area contributed by atoms with Gasteiger partial charge in [-0.25, -0.2) is 0 Å². The van der Waals surface area contributed by atoms with Gasteiger partial charge in [0, 0.05) is 0 Å². The monoisotopic (exact) mass is 210 g/mol. The second-order valence-corrected chi connectivity index (χ2v) is 4.06. The van der Waals surface area contributed by atoms with Gasteiger partial charge in [0.05, 0.1) is 0 Å². The summed E-state index contributed by atoms with van der Waals surface area (Å²) in [6, 6.07) is 17.5. The van der Waals surface area contributed by atoms with Crippen LogP contribution < -0.4 is 0 Å². The van der Waals surface area contributed by atoms with Gasteiger partial charge in [0.25, 0.3) is 0 Å². The van der Waals surface area contributed by atoms with Crippen molar-refractivity contribution < 1.29 is 0 Å². The molecule has 0 radical (unpaired) electrons. The maximum atomic E-state index is 2.34. The molecule has 0 fully saturated rings. The highest BCUT2D eigenvalue weighted by Crippen LogP contribution is 2.25. The minimum atomic E-state index is 1.10. The van der Waals surface area contributed by atoms with Gasteiger partial charge in [-0.05, 0) is 35.1 Å². The summed E-state index contributed by atoms with van der Waals surface area (Å²) in [6.45, 7) is 4.43. The van der Waals surface area contributed by atoms with Crippen LogP contribution in [0.3, 0.4) is 0 Å². The molecular weight excluding hydrogens is 192 g/mol. The first-order chi connectivity index (χ1) is 7.85. The summed E-state index contributed by atoms with van der Waals surface area (Å²) in [5.41, 5.74) is 5.57. The third-order valence-corrected chi connectivity index (χ3v) is 3.04. The van der Waals surface area contributed by atoms with Crippen molar-refractivity contribution in [2.45, 2.75) is 26.7 Å². The van der Waals surface area contributed by atoms with Crippen LogP contribution in [0.15, 0.2) is 48.5 Å². The van der Waals surface area contributed by atoms with E-state index in [0.717, 1.165) is 12.8 Å². The molecule has 0 unspecified atom stereocenters. The minimum absolute atomic E-state index is 1.10. The van der Waals surface area contributed by atoms with Gasteiger partial charge in [0.2, 0.25) is 0 Å². The van der Waals surface area contributed by atoms with Crippen molar-refractivity contribution in [3.05, 3.63) is 59.7 Å². The Morgan fingerprint density at radius 2 is 1.56 bits per heavy atom. The van der Waals surface area contributed by atoms with E-state index in [1.807, 2.05) is 0 Å². The van der Waals surface area contributed by atoms with Crippen molar-refractivity contribution in [3.63, 3.8) is 0 Å². The lowest BCUT2D eigenvalue weighted by Gasteiger charge is -2.10. The lowest BCUT2D eigenvalue weighted by Crippen LogP contribution is -1.90. The fourth-order valence-electron chi connectivity index (χ4n) is 2.06. The molecule has 2 rings (SSSR count). The zero-order valence-corrected chi connectivity index (χ0v) is 10.0. The van der Waals surface area contributed by atoms with Gasteiger partial charge >= 0.3 is 0 Å². The molecule has 0 N–H and O–H groups in total. The topological polar surface area (TPSA) is 0 Å². The summed E-state index contributed by atoms with van der Waals surface area (Å²) in [7, 11) is 0. The molecule has 0 heterocycles. The van der Waals surface area contributed by atoms with Crippen LogP contribution in [0.4, 0.5) is 0 Å². The molecule has 2 aromatic carbocycles. The molecule has 0 nitrogen and oxygen atoms in total. The molecule has 0 spiro atoms. The molecule has 0 saturated carbocycles. The Hall–Kier alpha value is -1.56. The van der Waals surface area contributed by atoms with Gasteiger partial charge in [-0.15, -0.1) is 0 Å². The molecule has 82 valence electrons. The van der Waals surface area contributed by atoms with Crippen LogP contribution in [0, 0.1) is 0 Å². The Morgan fingerprint density at radius 1 is 0.812 bits per heavy atom. The second kappa shape index (κ2) is 4.98. The third-order valence-electron chi connectivity index (χ3n) is 3.04. The number of hydrogen-bond donors (Lipinski definition) is 0. The van der Waals surface area contributed by atoms with Crippen LogP contribution in [-0.2, 0) is 12.8 Å². The summed E-state index contributed by atoms with van der Waals surface area (Å²) >= 11 is 0. The molecule has 0 aromatic heterocycles. The normalized spacial score (nSPS) is 10.4. The maximum absolute atomic E-state index is 2.34. The highest BCUT2D eigenvalue weighted by Gasteiger charge is 2.03. The minimum Gasteiger partial charge on any atom is -0.0622 e. The molecule has 0 amide bonds. The first-order valence-corrected chi connectivity index (χ1v) is 6.02. The predicted molar refractivity (Wildman–Crippen MR) is 70.6 cm³/mol. The van der Waals surface area contributed by atoms with Gasteiger partial charge in [0.15, 0.2) is 0 Å². The summed E-state index contributed by atoms with van der Waals surface area (Å²) in [5.74, 6) is 0. The Labute approximate surface area is 97.9 Å². The van der Waals surface area contributed by atoms with E-state index >= 15 is 0 Å². The molecule has 0 atom stereocenters. The predicted octanol–water partition coefficient (Wildman–Crippen LogP) is 4.48. The summed E-state index contributed by atoms with van der Waals surface area (Å²) in [5, 5.41) is 0. The van der Waals surface area contributed by atoms with Crippen molar-refractivity contribution in [2.24, 2.45) is 0 Å². The Bertz CT molecular complexity index is 455. The number of hydrogen-bond acceptors (Lipinski definition) is 0. The van der Waals surface area contributed by atoms with E-state index in [1.54, 1.807) is 0 Å². The molecule has 0 aliphatic rings. The lowest BCUT2D eigenvalue weighted by molar-refractivity contribution is 1.09. The largest absolute Gasteiger partial charge is 0.0622 e. The number of aryl methyl sites for hydroxylation is 2. The van der Waals surface area contributed by atoms with Crippen molar-refractivity contribution in [2.75, 3.05) is 0 Å². The van der Waals surface area contributed by atoms with Crippen LogP contribution in [0.2, 0.25) is 0 Å². The molecule has 0 bridgehead atoms. The first kappa shape index (κ1) is 10.9. The van der Waals surface area contributed by atoms with Crippen molar-refractivity contribution in [3.8, 4) is 11.1 Å². The maximum Gasteiger partial charge on any atom is -0.0152 e. The van der Waals surface area contributed by atoms with Crippen LogP contribution in [0.5, 0.6) is 0 Å². The van der Waals surface area contributed by atoms with Crippen molar-refractivity contribution >= 4 is 0 Å². The quantitative estimate of drug-likeness (QED) is 0.700. The third kappa shape index (κ3) is 2.16. The zero-order chi connectivity index (χ0) is 11.4. The number of rotatable bonds is 3. The van der Waals surface area contributed by atoms with Crippen LogP contribution in [0.25, 0.3) is 11.1 Å². The van der Waals surface area contributed by atoms with Crippen molar-refractivity contribution in [1.82, 2.24) is 0 Å². The molecule has 0 aliphatic carbocycles. The molecule has 0 aliphatic heterocycles. The van der Waals surface area contributed by atoms with E-state index in [-0.39, 0.29) is 0 Å². The van der Waals surface area contributed by atoms with E-state index in [9.17, 15) is 0 Å². The van der Waals surface area contributed by atoms with Gasteiger partial charge in [-0.2, -0.15) is 0 Å². The Balaban J connectivity index is 2.49. The van der Waals surface area contributed by atoms with Gasteiger partial charge in [-0.1, -0.05) is 62.4 Å². The van der Waals surface area contributed by atoms with Crippen LogP contribution in [0.1, 0.15) is 25.0 Å². The Morgan fingerprint density at radius 3 is 2.19 bits per heavy atom. The average Bonchev–Trinajstić information content (AvgIpc) is 2.39. The SMILES string of the molecule is CCc1ccc(-c2ccccc2)c(CC)c1. The van der Waals surface area contributed by atoms with E-state index < -0.39 is 0 Å².